The van der Waals surface area contributed by atoms with Gasteiger partial charge in [-0.05, 0) is 0 Å². The zero-order valence-corrected chi connectivity index (χ0v) is 8.79. The van der Waals surface area contributed by atoms with Crippen LogP contribution in [-0.2, 0) is 0 Å². The molecule has 12 heavy (non-hydrogen) atoms. The first-order valence-electron chi connectivity index (χ1n) is 3.86. The molecule has 0 amide bonds. The maximum Gasteiger partial charge on any atom is 0.103 e. The highest BCUT2D eigenvalue weighted by atomic mass is 16.2. The first-order valence-corrected chi connectivity index (χ1v) is 3.86. The Balaban J connectivity index is 4.56. The Bertz CT molecular complexity index is 121. The van der Waals surface area contributed by atoms with Gasteiger partial charge in [0.2, 0.25) is 0 Å². The summed E-state index contributed by atoms with van der Waals surface area (Å²) in [7, 11) is 11.2. The topological polar surface area (TPSA) is 47.9 Å². The van der Waals surface area contributed by atoms with E-state index in [9.17, 15) is 0 Å². The molecule has 0 heterocycles. The average molecular weight is 176 g/mol. The number of nitrogens with one attached hydrogen (secondary N) is 2. The van der Waals surface area contributed by atoms with Crippen molar-refractivity contribution in [3.8, 4) is 0 Å². The zero-order valence-electron chi connectivity index (χ0n) is 8.79. The fourth-order valence-corrected chi connectivity index (χ4v) is 1.21. The standard InChI is InChI=1S/C6H20N6/c1-7-11(6)12(8-2,9-3)10(4)5/h8,11H,1-6H3. The minimum atomic E-state index is 0.233. The molecule has 0 rings (SSSR count). The van der Waals surface area contributed by atoms with Crippen LogP contribution in [0.2, 0.25) is 0 Å². The van der Waals surface area contributed by atoms with E-state index >= 15 is 0 Å². The van der Waals surface area contributed by atoms with E-state index in [1.165, 1.54) is 0 Å². The highest BCUT2D eigenvalue weighted by Gasteiger charge is 2.24. The Morgan fingerprint density at radius 2 is 1.83 bits per heavy atom. The van der Waals surface area contributed by atoms with Crippen molar-refractivity contribution in [1.29, 1.82) is 0 Å². The van der Waals surface area contributed by atoms with Crippen molar-refractivity contribution in [2.24, 2.45) is 0 Å². The Morgan fingerprint density at radius 3 is 1.92 bits per heavy atom. The number of hydrogen-bond acceptors (Lipinski definition) is 2. The summed E-state index contributed by atoms with van der Waals surface area (Å²) in [5.74, 6) is 0. The van der Waals surface area contributed by atoms with Crippen molar-refractivity contribution in [2.75, 3.05) is 42.3 Å². The van der Waals surface area contributed by atoms with E-state index in [1.807, 2.05) is 33.2 Å². The molecule has 6 nitrogen and oxygen atoms in total. The molecule has 2 unspecified atom stereocenters. The number of quaternary nitrogens is 2. The van der Waals surface area contributed by atoms with Crippen LogP contribution in [0.25, 0.3) is 10.9 Å². The molecule has 0 aliphatic heterocycles. The third-order valence-electron chi connectivity index (χ3n) is 1.95. The number of rotatable bonds is 5. The predicted octanol–water partition coefficient (Wildman–Crippen LogP) is -1.32. The van der Waals surface area contributed by atoms with Gasteiger partial charge in [0.15, 0.2) is 0 Å². The third-order valence-corrected chi connectivity index (χ3v) is 1.95. The van der Waals surface area contributed by atoms with E-state index in [1.54, 1.807) is 14.1 Å². The van der Waals surface area contributed by atoms with Gasteiger partial charge in [-0.25, -0.2) is 5.12 Å². The van der Waals surface area contributed by atoms with Crippen molar-refractivity contribution in [1.82, 2.24) is 10.4 Å². The molecule has 0 spiro atoms. The highest BCUT2D eigenvalue weighted by Crippen LogP contribution is 2.00. The van der Waals surface area contributed by atoms with Crippen LogP contribution >= 0.6 is 0 Å². The quantitative estimate of drug-likeness (QED) is 0.403. The number of hydrogen-bond donors (Lipinski definition) is 2. The van der Waals surface area contributed by atoms with Gasteiger partial charge in [-0.15, -0.1) is 24.5 Å². The lowest BCUT2D eigenvalue weighted by Crippen LogP contribution is -3.21. The normalized spacial score (nSPS) is 19.2. The van der Waals surface area contributed by atoms with Crippen LogP contribution < -0.4 is 10.5 Å². The van der Waals surface area contributed by atoms with Gasteiger partial charge in [-0.3, -0.25) is 0 Å². The summed E-state index contributed by atoms with van der Waals surface area (Å²) in [5.41, 5.74) is 11.4. The summed E-state index contributed by atoms with van der Waals surface area (Å²) in [4.78, 5) is 0.233. The molecule has 2 N–H and O–H groups in total. The lowest BCUT2D eigenvalue weighted by atomic mass is 11.1. The monoisotopic (exact) mass is 176 g/mol. The molecule has 0 radical (unpaired) electrons. The van der Waals surface area contributed by atoms with Gasteiger partial charge in [0, 0.05) is 21.1 Å². The van der Waals surface area contributed by atoms with Gasteiger partial charge in [0.25, 0.3) is 0 Å². The van der Waals surface area contributed by atoms with Gasteiger partial charge in [0.05, 0.1) is 0 Å². The molecule has 0 aromatic heterocycles. The van der Waals surface area contributed by atoms with Gasteiger partial charge in [-0.1, -0.05) is 4.92 Å². The lowest BCUT2D eigenvalue weighted by molar-refractivity contribution is -1.52. The van der Waals surface area contributed by atoms with E-state index in [0.29, 0.717) is 0 Å². The Morgan fingerprint density at radius 1 is 1.33 bits per heavy atom. The second kappa shape index (κ2) is 4.70. The third kappa shape index (κ3) is 1.92. The smallest absolute Gasteiger partial charge is 0.103 e. The van der Waals surface area contributed by atoms with E-state index in [-0.39, 0.29) is 4.92 Å². The summed E-state index contributed by atoms with van der Waals surface area (Å²) in [6.07, 6.45) is 0. The molecule has 0 bridgehead atoms. The minimum Gasteiger partial charge on any atom is -0.403 e. The summed E-state index contributed by atoms with van der Waals surface area (Å²) in [6.45, 7) is 0. The van der Waals surface area contributed by atoms with Gasteiger partial charge in [0.1, 0.15) is 7.05 Å². The average Bonchev–Trinajstić information content (AvgIpc) is 2.06. The van der Waals surface area contributed by atoms with Gasteiger partial charge in [-0.2, -0.15) is 0 Å². The summed E-state index contributed by atoms with van der Waals surface area (Å²) in [5, 5.41) is 2.83. The van der Waals surface area contributed by atoms with E-state index in [0.717, 1.165) is 5.12 Å². The maximum absolute atomic E-state index is 4.23. The maximum atomic E-state index is 4.23. The van der Waals surface area contributed by atoms with Crippen molar-refractivity contribution in [2.45, 2.75) is 0 Å². The van der Waals surface area contributed by atoms with Crippen molar-refractivity contribution in [3.05, 3.63) is 10.9 Å². The SMILES string of the molecule is C[N-][NH+](C)[N+]([N-]C)(NC)N(C)C. The zero-order chi connectivity index (χ0) is 9.78. The molecule has 74 valence electrons. The molecule has 2 atom stereocenters. The van der Waals surface area contributed by atoms with Crippen LogP contribution in [0.15, 0.2) is 0 Å². The Kier molecular flexibility index (Phi) is 4.61. The highest BCUT2D eigenvalue weighted by molar-refractivity contribution is 4.42. The fourth-order valence-electron chi connectivity index (χ4n) is 1.21. The molecule has 0 aliphatic carbocycles. The van der Waals surface area contributed by atoms with Gasteiger partial charge < -0.3 is 10.9 Å². The Hall–Kier alpha value is -0.240. The van der Waals surface area contributed by atoms with E-state index < -0.39 is 0 Å². The molecule has 0 aromatic carbocycles. The van der Waals surface area contributed by atoms with Crippen LogP contribution in [0.4, 0.5) is 0 Å². The van der Waals surface area contributed by atoms with Crippen molar-refractivity contribution >= 4 is 0 Å². The first kappa shape index (κ1) is 11.8. The van der Waals surface area contributed by atoms with E-state index in [2.05, 4.69) is 16.3 Å². The lowest BCUT2D eigenvalue weighted by Gasteiger charge is -2.52. The van der Waals surface area contributed by atoms with Crippen LogP contribution in [0.5, 0.6) is 0 Å². The second-order valence-electron chi connectivity index (χ2n) is 2.64. The molecule has 0 fully saturated rings. The molecule has 0 saturated carbocycles. The van der Waals surface area contributed by atoms with Crippen LogP contribution in [0, 0.1) is 0 Å². The van der Waals surface area contributed by atoms with Crippen molar-refractivity contribution in [3.63, 3.8) is 0 Å². The second-order valence-corrected chi connectivity index (χ2v) is 2.64. The molecule has 6 heteroatoms. The van der Waals surface area contributed by atoms with Crippen LogP contribution in [-0.4, -0.2) is 52.2 Å². The van der Waals surface area contributed by atoms with Crippen LogP contribution in [0.1, 0.15) is 0 Å². The number of nitrogens with zero attached hydrogens (tertiary/aromatic N) is 4. The predicted molar refractivity (Wildman–Crippen MR) is 48.5 cm³/mol. The summed E-state index contributed by atoms with van der Waals surface area (Å²) in [6, 6.07) is 0. The molecule has 0 aliphatic rings. The molecular weight excluding hydrogens is 156 g/mol. The van der Waals surface area contributed by atoms with Crippen LogP contribution in [0.3, 0.4) is 0 Å². The molecule has 0 saturated heterocycles. The minimum absolute atomic E-state index is 0.233. The van der Waals surface area contributed by atoms with E-state index in [4.69, 9.17) is 0 Å². The molecular formula is C6H20N6. The summed E-state index contributed by atoms with van der Waals surface area (Å²) < 4.78 is 0. The molecule has 0 aromatic rings. The van der Waals surface area contributed by atoms with Gasteiger partial charge >= 0.3 is 0 Å². The first-order chi connectivity index (χ1) is 5.55. The van der Waals surface area contributed by atoms with Crippen molar-refractivity contribution < 1.29 is 10.0 Å². The summed E-state index contributed by atoms with van der Waals surface area (Å²) >= 11 is 0. The Labute approximate surface area is 74.6 Å². The fraction of sp³-hybridized carbons (Fsp3) is 1.00. The largest absolute Gasteiger partial charge is 0.403 e.